The van der Waals surface area contributed by atoms with Crippen molar-refractivity contribution in [2.24, 2.45) is 5.11 Å². The van der Waals surface area contributed by atoms with Gasteiger partial charge in [-0.3, -0.25) is 18.9 Å². The Bertz CT molecular complexity index is 1270. The Kier molecular flexibility index (Phi) is 23.9. The van der Waals surface area contributed by atoms with Crippen molar-refractivity contribution in [3.8, 4) is 0 Å². The highest BCUT2D eigenvalue weighted by Crippen LogP contribution is 2.42. The number of hydrogen-bond donors (Lipinski definition) is 5. The van der Waals surface area contributed by atoms with Crippen molar-refractivity contribution < 1.29 is 43.6 Å². The molecule has 0 spiro atoms. The summed E-state index contributed by atoms with van der Waals surface area (Å²) in [4.78, 5) is 47.2. The van der Waals surface area contributed by atoms with Gasteiger partial charge in [-0.1, -0.05) is 108 Å². The van der Waals surface area contributed by atoms with E-state index in [9.17, 15) is 24.1 Å². The number of hydrogen-bond acceptors (Lipinski definition) is 10. The highest BCUT2D eigenvalue weighted by molar-refractivity contribution is 7.70. The molecular weight excluding hydrogens is 661 g/mol. The van der Waals surface area contributed by atoms with E-state index in [-0.39, 0.29) is 19.6 Å². The van der Waals surface area contributed by atoms with Gasteiger partial charge in [-0.2, -0.15) is 0 Å². The third-order valence-electron chi connectivity index (χ3n) is 8.18. The van der Waals surface area contributed by atoms with Gasteiger partial charge in [0.15, 0.2) is 0 Å². The van der Waals surface area contributed by atoms with E-state index in [4.69, 9.17) is 30.1 Å². The lowest BCUT2D eigenvalue weighted by Gasteiger charge is -2.14. The van der Waals surface area contributed by atoms with Crippen molar-refractivity contribution in [3.05, 3.63) is 43.0 Å². The highest BCUT2D eigenvalue weighted by Gasteiger charge is 2.35. The number of aliphatic hydroxyl groups is 2. The molecule has 282 valence electrons. The summed E-state index contributed by atoms with van der Waals surface area (Å²) in [5, 5.41) is 30.7. The van der Waals surface area contributed by atoms with Crippen LogP contribution in [-0.4, -0.2) is 80.2 Å². The average molecular weight is 720 g/mol. The van der Waals surface area contributed by atoms with Crippen LogP contribution in [0.2, 0.25) is 0 Å². The zero-order valence-corrected chi connectivity index (χ0v) is 30.0. The summed E-state index contributed by atoms with van der Waals surface area (Å²) in [5.74, 6) is 0. The highest BCUT2D eigenvalue weighted by atomic mass is 31.2. The van der Waals surface area contributed by atoms with Gasteiger partial charge in [-0.25, -0.2) is 14.2 Å². The summed E-state index contributed by atoms with van der Waals surface area (Å²) in [6.45, 7) is 3.44. The lowest BCUT2D eigenvalue weighted by Crippen LogP contribution is -2.33. The Labute approximate surface area is 288 Å². The molecule has 2 rings (SSSR count). The number of ether oxygens (including phenoxy) is 2. The molecule has 1 aromatic rings. The van der Waals surface area contributed by atoms with Crippen molar-refractivity contribution >= 4 is 13.3 Å². The zero-order valence-electron chi connectivity index (χ0n) is 29.1. The molecule has 5 atom stereocenters. The number of carboxylic acid groups (broad SMARTS) is 1. The van der Waals surface area contributed by atoms with Crippen LogP contribution >= 0.6 is 7.60 Å². The number of carbonyl (C=O) groups is 1. The summed E-state index contributed by atoms with van der Waals surface area (Å²) in [6, 6.07) is -0.542. The van der Waals surface area contributed by atoms with Crippen molar-refractivity contribution in [1.29, 1.82) is 0 Å². The third-order valence-corrected chi connectivity index (χ3v) is 9.16. The topological polar surface area (TPSA) is 246 Å². The molecule has 1 unspecified atom stereocenters. The number of nitrogens with zero attached hydrogens (tertiary/aromatic N) is 4. The molecular formula is C32H58N5O11P. The normalized spacial score (nSPS) is 19.0. The summed E-state index contributed by atoms with van der Waals surface area (Å²) < 4.78 is 27.3. The lowest BCUT2D eigenvalue weighted by molar-refractivity contribution is -0.0271. The van der Waals surface area contributed by atoms with Crippen LogP contribution in [0.3, 0.4) is 0 Å². The predicted molar refractivity (Wildman–Crippen MR) is 185 cm³/mol. The van der Waals surface area contributed by atoms with Gasteiger partial charge in [0.2, 0.25) is 0 Å². The molecule has 0 aliphatic carbocycles. The minimum absolute atomic E-state index is 0.0433. The molecule has 0 bridgehead atoms. The predicted octanol–water partition coefficient (Wildman–Crippen LogP) is 6.31. The number of aromatic amines is 1. The van der Waals surface area contributed by atoms with Gasteiger partial charge >= 0.3 is 19.0 Å². The molecule has 5 N–H and O–H groups in total. The Hall–Kier alpha value is -2.55. The molecule has 16 nitrogen and oxygen atoms in total. The first-order valence-electron chi connectivity index (χ1n) is 17.6. The van der Waals surface area contributed by atoms with Gasteiger partial charge in [0.1, 0.15) is 12.3 Å². The molecule has 1 aliphatic rings. The Morgan fingerprint density at radius 3 is 2.06 bits per heavy atom. The Balaban J connectivity index is 0.000000537. The maximum Gasteiger partial charge on any atom is 0.435 e. The monoisotopic (exact) mass is 719 g/mol. The van der Waals surface area contributed by atoms with Gasteiger partial charge in [-0.15, -0.1) is 0 Å². The quantitative estimate of drug-likeness (QED) is 0.0233. The minimum Gasteiger partial charge on any atom is -0.472 e. The van der Waals surface area contributed by atoms with Gasteiger partial charge < -0.3 is 29.7 Å². The van der Waals surface area contributed by atoms with Gasteiger partial charge in [0.05, 0.1) is 32.0 Å². The fraction of sp³-hybridized carbons (Fsp3) is 0.844. The molecule has 2 heterocycles. The van der Waals surface area contributed by atoms with E-state index < -0.39 is 55.6 Å². The van der Waals surface area contributed by atoms with Crippen molar-refractivity contribution in [2.45, 2.75) is 147 Å². The molecule has 1 saturated heterocycles. The smallest absolute Gasteiger partial charge is 0.435 e. The summed E-state index contributed by atoms with van der Waals surface area (Å²) in [7, 11) is -4.70. The lowest BCUT2D eigenvalue weighted by atomic mass is 10.0. The molecule has 1 aliphatic heterocycles. The van der Waals surface area contributed by atoms with Crippen LogP contribution in [0, 0.1) is 6.92 Å². The third kappa shape index (κ3) is 19.4. The number of nitrogens with one attached hydrogen (secondary N) is 1. The van der Waals surface area contributed by atoms with Gasteiger partial charge in [0.25, 0.3) is 5.56 Å². The summed E-state index contributed by atoms with van der Waals surface area (Å²) >= 11 is 0. The number of azide groups is 1. The van der Waals surface area contributed by atoms with Crippen molar-refractivity contribution in [3.63, 3.8) is 0 Å². The summed E-state index contributed by atoms with van der Waals surface area (Å²) in [6.07, 6.45) is 20.1. The molecule has 1 aromatic heterocycles. The van der Waals surface area contributed by atoms with Crippen molar-refractivity contribution in [1.82, 2.24) is 9.55 Å². The number of H-pyrrole nitrogens is 1. The van der Waals surface area contributed by atoms with Crippen LogP contribution in [0.5, 0.6) is 0 Å². The van der Waals surface area contributed by atoms with Crippen LogP contribution in [0.15, 0.2) is 20.9 Å². The molecule has 1 fully saturated rings. The Morgan fingerprint density at radius 2 is 1.57 bits per heavy atom. The van der Waals surface area contributed by atoms with Gasteiger partial charge in [-0.05, 0) is 18.9 Å². The van der Waals surface area contributed by atoms with E-state index in [0.29, 0.717) is 12.2 Å². The largest absolute Gasteiger partial charge is 0.472 e. The Morgan fingerprint density at radius 1 is 1.04 bits per heavy atom. The zero-order chi connectivity index (χ0) is 36.5. The van der Waals surface area contributed by atoms with Crippen LogP contribution in [-0.2, 0) is 18.6 Å². The minimum atomic E-state index is -4.70. The fourth-order valence-corrected chi connectivity index (χ4v) is 5.78. The van der Waals surface area contributed by atoms with E-state index in [0.717, 1.165) is 12.8 Å². The first-order chi connectivity index (χ1) is 23.5. The summed E-state index contributed by atoms with van der Waals surface area (Å²) in [5.41, 5.74) is 5.83. The van der Waals surface area contributed by atoms with E-state index >= 15 is 0 Å². The number of unbranched alkanes of at least 4 members (excludes halogenated alkanes) is 15. The maximum absolute atomic E-state index is 11.7. The first kappa shape index (κ1) is 44.5. The van der Waals surface area contributed by atoms with Crippen LogP contribution < -0.4 is 11.2 Å². The number of aromatic nitrogens is 2. The molecule has 0 radical (unpaired) electrons. The molecule has 0 saturated carbocycles. The van der Waals surface area contributed by atoms with Crippen LogP contribution in [0.1, 0.15) is 128 Å². The van der Waals surface area contributed by atoms with Crippen LogP contribution in [0.4, 0.5) is 4.79 Å². The molecule has 0 aromatic carbocycles. The standard InChI is InChI=1S/C22H45O7P.C10H13N5O4/c1-2-3-4-5-6-7-8-9-10-11-12-13-14-15-16-17-18-28-19-21(23)20-29-30(26,27)22(24)25;1-5-3-15(10(18)12-9(5)17)8-2-6(13-14-11)7(4-16)19-8/h21,23H,2-20H2,1H3,(H,24,25)(H,26,27);3,6-8,16H,2,4H2,1H3,(H,12,17,18)/t21-;6-,7+,8+/m10/s1. The van der Waals surface area contributed by atoms with E-state index in [1.807, 2.05) is 0 Å². The second-order valence-corrected chi connectivity index (χ2v) is 14.1. The number of aliphatic hydroxyl groups excluding tert-OH is 2. The SMILES string of the molecule is CCCCCCCCCCCCCCCCCCOC[C@@H](O)COP(=O)(O)C(=O)O.Cc1cn([C@H]2C[C@H](N=[N+]=[N-])[C@@H](CO)O2)c(=O)[nH]c1=O. The average Bonchev–Trinajstić information content (AvgIpc) is 3.48. The second-order valence-electron chi connectivity index (χ2n) is 12.4. The van der Waals surface area contributed by atoms with E-state index in [1.54, 1.807) is 6.92 Å². The number of rotatable bonds is 26. The van der Waals surface area contributed by atoms with E-state index in [2.05, 4.69) is 26.5 Å². The van der Waals surface area contributed by atoms with E-state index in [1.165, 1.54) is 101 Å². The first-order valence-corrected chi connectivity index (χ1v) is 19.1. The molecule has 0 amide bonds. The number of aryl methyl sites for hydroxylation is 1. The van der Waals surface area contributed by atoms with Gasteiger partial charge in [0, 0.05) is 29.7 Å². The van der Waals surface area contributed by atoms with Crippen molar-refractivity contribution in [2.75, 3.05) is 26.4 Å². The fourth-order valence-electron chi connectivity index (χ4n) is 5.30. The molecule has 17 heteroatoms. The van der Waals surface area contributed by atoms with Crippen LogP contribution in [0.25, 0.3) is 10.4 Å². The molecule has 49 heavy (non-hydrogen) atoms. The maximum atomic E-state index is 11.7. The second kappa shape index (κ2) is 26.3.